The standard InChI is InChI=1S/C21H33N3/c1-4-21(22)20-10-9-19(15-17(20)8-7-16-5-6-16)24(3)18-11-13-23(2)14-12-18/h7-10,15-16,18,21H,4-6,11-14,22H2,1-3H3/b8-7+/t21-/m0/s1. The largest absolute Gasteiger partial charge is 0.371 e. The van der Waals surface area contributed by atoms with E-state index in [-0.39, 0.29) is 6.04 Å². The predicted octanol–water partition coefficient (Wildman–Crippen LogP) is 4.05. The summed E-state index contributed by atoms with van der Waals surface area (Å²) >= 11 is 0. The monoisotopic (exact) mass is 327 g/mol. The van der Waals surface area contributed by atoms with Gasteiger partial charge in [0.05, 0.1) is 0 Å². The number of nitrogens with two attached hydrogens (primary N) is 1. The first-order valence-electron chi connectivity index (χ1n) is 9.57. The fraction of sp³-hybridized carbons (Fsp3) is 0.619. The van der Waals surface area contributed by atoms with Crippen molar-refractivity contribution in [3.8, 4) is 0 Å². The zero-order valence-electron chi connectivity index (χ0n) is 15.5. The highest BCUT2D eigenvalue weighted by atomic mass is 15.2. The third kappa shape index (κ3) is 4.20. The van der Waals surface area contributed by atoms with Gasteiger partial charge in [0.2, 0.25) is 0 Å². The Morgan fingerprint density at radius 1 is 1.25 bits per heavy atom. The molecule has 1 atom stereocenters. The molecule has 1 saturated heterocycles. The van der Waals surface area contributed by atoms with Crippen LogP contribution in [-0.2, 0) is 0 Å². The molecule has 1 aliphatic heterocycles. The molecule has 2 N–H and O–H groups in total. The molecule has 1 aromatic rings. The fourth-order valence-electron chi connectivity index (χ4n) is 3.60. The molecule has 1 saturated carbocycles. The Labute approximate surface area is 147 Å². The van der Waals surface area contributed by atoms with E-state index in [0.717, 1.165) is 12.3 Å². The highest BCUT2D eigenvalue weighted by Crippen LogP contribution is 2.33. The summed E-state index contributed by atoms with van der Waals surface area (Å²) in [6.07, 6.45) is 10.9. The number of benzene rings is 1. The summed E-state index contributed by atoms with van der Waals surface area (Å²) < 4.78 is 0. The lowest BCUT2D eigenvalue weighted by Gasteiger charge is -2.36. The highest BCUT2D eigenvalue weighted by molar-refractivity contribution is 5.63. The van der Waals surface area contributed by atoms with Gasteiger partial charge in [-0.15, -0.1) is 0 Å². The molecule has 1 heterocycles. The quantitative estimate of drug-likeness (QED) is 0.855. The Hall–Kier alpha value is -1.32. The SMILES string of the molecule is CC[C@H](N)c1ccc(N(C)C2CCN(C)CC2)cc1/C=C/C1CC1. The molecule has 132 valence electrons. The lowest BCUT2D eigenvalue weighted by molar-refractivity contribution is 0.253. The second kappa shape index (κ2) is 7.71. The fourth-order valence-corrected chi connectivity index (χ4v) is 3.60. The summed E-state index contributed by atoms with van der Waals surface area (Å²) in [5.74, 6) is 0.797. The van der Waals surface area contributed by atoms with Gasteiger partial charge in [0, 0.05) is 24.8 Å². The minimum absolute atomic E-state index is 0.131. The van der Waals surface area contributed by atoms with Gasteiger partial charge >= 0.3 is 0 Å². The van der Waals surface area contributed by atoms with Crippen molar-refractivity contribution in [2.75, 3.05) is 32.1 Å². The van der Waals surface area contributed by atoms with E-state index in [1.54, 1.807) is 0 Å². The molecular formula is C21H33N3. The third-order valence-corrected chi connectivity index (χ3v) is 5.72. The van der Waals surface area contributed by atoms with Gasteiger partial charge < -0.3 is 15.5 Å². The van der Waals surface area contributed by atoms with Crippen LogP contribution in [0.25, 0.3) is 6.08 Å². The van der Waals surface area contributed by atoms with Crippen molar-refractivity contribution >= 4 is 11.8 Å². The number of anilines is 1. The Morgan fingerprint density at radius 3 is 2.58 bits per heavy atom. The van der Waals surface area contributed by atoms with E-state index >= 15 is 0 Å². The molecule has 2 aliphatic rings. The Kier molecular flexibility index (Phi) is 5.62. The number of nitrogens with zero attached hydrogens (tertiary/aromatic N) is 2. The van der Waals surface area contributed by atoms with Gasteiger partial charge in [-0.05, 0) is 81.4 Å². The van der Waals surface area contributed by atoms with Crippen molar-refractivity contribution in [2.24, 2.45) is 11.7 Å². The maximum absolute atomic E-state index is 6.35. The lowest BCUT2D eigenvalue weighted by atomic mass is 9.96. The van der Waals surface area contributed by atoms with Gasteiger partial charge in [-0.1, -0.05) is 25.1 Å². The third-order valence-electron chi connectivity index (χ3n) is 5.72. The molecule has 3 rings (SSSR count). The van der Waals surface area contributed by atoms with Crippen molar-refractivity contribution in [2.45, 2.75) is 51.1 Å². The summed E-state index contributed by atoms with van der Waals surface area (Å²) in [6.45, 7) is 4.56. The van der Waals surface area contributed by atoms with Gasteiger partial charge in [0.15, 0.2) is 0 Å². The van der Waals surface area contributed by atoms with E-state index in [9.17, 15) is 0 Å². The topological polar surface area (TPSA) is 32.5 Å². The minimum atomic E-state index is 0.131. The Bertz CT molecular complexity index is 568. The molecule has 0 amide bonds. The van der Waals surface area contributed by atoms with Crippen LogP contribution in [0.3, 0.4) is 0 Å². The molecular weight excluding hydrogens is 294 g/mol. The van der Waals surface area contributed by atoms with Crippen LogP contribution in [0.5, 0.6) is 0 Å². The van der Waals surface area contributed by atoms with Gasteiger partial charge in [-0.25, -0.2) is 0 Å². The van der Waals surface area contributed by atoms with Crippen LogP contribution in [0.2, 0.25) is 0 Å². The van der Waals surface area contributed by atoms with Crippen LogP contribution < -0.4 is 10.6 Å². The Morgan fingerprint density at radius 2 is 1.96 bits per heavy atom. The number of piperidine rings is 1. The van der Waals surface area contributed by atoms with Crippen LogP contribution in [0, 0.1) is 5.92 Å². The van der Waals surface area contributed by atoms with E-state index in [2.05, 4.69) is 61.2 Å². The number of rotatable bonds is 6. The average molecular weight is 328 g/mol. The second-order valence-corrected chi connectivity index (χ2v) is 7.67. The maximum atomic E-state index is 6.35. The zero-order chi connectivity index (χ0) is 17.1. The molecule has 0 unspecified atom stereocenters. The van der Waals surface area contributed by atoms with E-state index in [4.69, 9.17) is 5.73 Å². The smallest absolute Gasteiger partial charge is 0.0372 e. The number of likely N-dealkylation sites (tertiary alicyclic amines) is 1. The molecule has 1 aromatic carbocycles. The summed E-state index contributed by atoms with van der Waals surface area (Å²) in [4.78, 5) is 4.90. The van der Waals surface area contributed by atoms with E-state index < -0.39 is 0 Å². The normalized spacial score (nSPS) is 21.3. The second-order valence-electron chi connectivity index (χ2n) is 7.67. The number of hydrogen-bond donors (Lipinski definition) is 1. The van der Waals surface area contributed by atoms with Gasteiger partial charge in [-0.3, -0.25) is 0 Å². The van der Waals surface area contributed by atoms with Crippen molar-refractivity contribution in [1.82, 2.24) is 4.90 Å². The molecule has 0 aromatic heterocycles. The number of allylic oxidation sites excluding steroid dienone is 1. The first-order valence-corrected chi connectivity index (χ1v) is 9.57. The molecule has 0 radical (unpaired) electrons. The van der Waals surface area contributed by atoms with E-state index in [1.807, 2.05) is 0 Å². The van der Waals surface area contributed by atoms with Crippen LogP contribution in [0.4, 0.5) is 5.69 Å². The molecule has 1 aliphatic carbocycles. The number of hydrogen-bond acceptors (Lipinski definition) is 3. The van der Waals surface area contributed by atoms with Crippen molar-refractivity contribution in [3.63, 3.8) is 0 Å². The predicted molar refractivity (Wildman–Crippen MR) is 104 cm³/mol. The van der Waals surface area contributed by atoms with Crippen molar-refractivity contribution in [3.05, 3.63) is 35.4 Å². The van der Waals surface area contributed by atoms with Crippen LogP contribution >= 0.6 is 0 Å². The van der Waals surface area contributed by atoms with Gasteiger partial charge in [-0.2, -0.15) is 0 Å². The molecule has 3 heteroatoms. The van der Waals surface area contributed by atoms with Crippen LogP contribution in [0.15, 0.2) is 24.3 Å². The average Bonchev–Trinajstić information content (AvgIpc) is 3.43. The van der Waals surface area contributed by atoms with Gasteiger partial charge in [0.1, 0.15) is 0 Å². The van der Waals surface area contributed by atoms with Crippen LogP contribution in [-0.4, -0.2) is 38.1 Å². The van der Waals surface area contributed by atoms with Crippen molar-refractivity contribution in [1.29, 1.82) is 0 Å². The Balaban J connectivity index is 1.81. The zero-order valence-corrected chi connectivity index (χ0v) is 15.5. The highest BCUT2D eigenvalue weighted by Gasteiger charge is 2.22. The molecule has 0 spiro atoms. The van der Waals surface area contributed by atoms with Crippen LogP contribution in [0.1, 0.15) is 56.2 Å². The first kappa shape index (κ1) is 17.5. The molecule has 3 nitrogen and oxygen atoms in total. The molecule has 2 fully saturated rings. The summed E-state index contributed by atoms with van der Waals surface area (Å²) in [5.41, 5.74) is 10.3. The minimum Gasteiger partial charge on any atom is -0.371 e. The molecule has 0 bridgehead atoms. The summed E-state index contributed by atoms with van der Waals surface area (Å²) in [7, 11) is 4.47. The first-order chi connectivity index (χ1) is 11.6. The van der Waals surface area contributed by atoms with Gasteiger partial charge in [0.25, 0.3) is 0 Å². The van der Waals surface area contributed by atoms with E-state index in [1.165, 1.54) is 55.6 Å². The summed E-state index contributed by atoms with van der Waals surface area (Å²) in [6, 6.07) is 7.64. The van der Waals surface area contributed by atoms with Crippen molar-refractivity contribution < 1.29 is 0 Å². The molecule has 24 heavy (non-hydrogen) atoms. The lowest BCUT2D eigenvalue weighted by Crippen LogP contribution is -2.42. The summed E-state index contributed by atoms with van der Waals surface area (Å²) in [5, 5.41) is 0. The maximum Gasteiger partial charge on any atom is 0.0372 e. The van der Waals surface area contributed by atoms with E-state index in [0.29, 0.717) is 6.04 Å².